The van der Waals surface area contributed by atoms with Gasteiger partial charge in [0.1, 0.15) is 18.8 Å². The van der Waals surface area contributed by atoms with Crippen LogP contribution in [0.5, 0.6) is 11.5 Å². The topological polar surface area (TPSA) is 117 Å². The van der Waals surface area contributed by atoms with Gasteiger partial charge in [-0.1, -0.05) is 35.5 Å². The van der Waals surface area contributed by atoms with Crippen LogP contribution < -0.4 is 20.6 Å². The zero-order chi connectivity index (χ0) is 21.3. The lowest BCUT2D eigenvalue weighted by atomic mass is 10.1. The summed E-state index contributed by atoms with van der Waals surface area (Å²) in [5.74, 6) is 1.01. The number of hydrogen-bond acceptors (Lipinski definition) is 7. The predicted molar refractivity (Wildman–Crippen MR) is 116 cm³/mol. The van der Waals surface area contributed by atoms with E-state index in [0.717, 1.165) is 5.56 Å². The van der Waals surface area contributed by atoms with Gasteiger partial charge in [0.15, 0.2) is 22.4 Å². The van der Waals surface area contributed by atoms with Crippen molar-refractivity contribution in [1.82, 2.24) is 20.4 Å². The van der Waals surface area contributed by atoms with E-state index in [1.54, 1.807) is 43.8 Å². The highest BCUT2D eigenvalue weighted by Gasteiger charge is 2.10. The molecule has 3 N–H and O–H groups in total. The zero-order valence-electron chi connectivity index (χ0n) is 16.2. The third-order valence-electron chi connectivity index (χ3n) is 3.94. The van der Waals surface area contributed by atoms with Crippen LogP contribution in [-0.4, -0.2) is 39.2 Å². The molecule has 1 heterocycles. The maximum atomic E-state index is 12.3. The number of rotatable bonds is 9. The SMILES string of the molecule is COc1ccc(/C=N\NC(N)=S)cc1OCc1cn(CC(=O)c2ccccc2)nn1. The van der Waals surface area contributed by atoms with E-state index in [-0.39, 0.29) is 24.0 Å². The lowest BCUT2D eigenvalue weighted by Crippen LogP contribution is -2.23. The van der Waals surface area contributed by atoms with E-state index in [1.165, 1.54) is 4.68 Å². The van der Waals surface area contributed by atoms with Crippen LogP contribution >= 0.6 is 12.2 Å². The van der Waals surface area contributed by atoms with Crippen molar-refractivity contribution >= 4 is 29.3 Å². The van der Waals surface area contributed by atoms with Crippen molar-refractivity contribution in [2.45, 2.75) is 13.2 Å². The standard InChI is InChI=1S/C20H20N6O3S/c1-28-18-8-7-14(10-22-24-20(21)30)9-19(18)29-13-16-11-26(25-23-16)12-17(27)15-5-3-2-4-6-15/h2-11H,12-13H2,1H3,(H3,21,24,30)/b22-10-. The Balaban J connectivity index is 1.63. The van der Waals surface area contributed by atoms with Crippen molar-refractivity contribution in [3.8, 4) is 11.5 Å². The lowest BCUT2D eigenvalue weighted by Gasteiger charge is -2.10. The number of nitrogens with two attached hydrogens (primary N) is 1. The minimum atomic E-state index is -0.0489. The summed E-state index contributed by atoms with van der Waals surface area (Å²) in [6.07, 6.45) is 3.22. The highest BCUT2D eigenvalue weighted by molar-refractivity contribution is 7.80. The second-order valence-corrected chi connectivity index (χ2v) is 6.57. The van der Waals surface area contributed by atoms with Crippen LogP contribution in [0.15, 0.2) is 59.8 Å². The number of hydrazone groups is 1. The van der Waals surface area contributed by atoms with Gasteiger partial charge in [0.2, 0.25) is 0 Å². The van der Waals surface area contributed by atoms with Crippen molar-refractivity contribution in [2.75, 3.05) is 7.11 Å². The molecule has 0 saturated carbocycles. The summed E-state index contributed by atoms with van der Waals surface area (Å²) in [6.45, 7) is 0.254. The molecule has 0 aliphatic carbocycles. The van der Waals surface area contributed by atoms with Gasteiger partial charge in [-0.15, -0.1) is 5.10 Å². The Kier molecular flexibility index (Phi) is 7.06. The largest absolute Gasteiger partial charge is 0.493 e. The fraction of sp³-hybridized carbons (Fsp3) is 0.150. The number of ketones is 1. The molecular formula is C20H20N6O3S. The van der Waals surface area contributed by atoms with E-state index in [4.69, 9.17) is 27.4 Å². The summed E-state index contributed by atoms with van der Waals surface area (Å²) < 4.78 is 12.6. The molecule has 0 spiro atoms. The van der Waals surface area contributed by atoms with Gasteiger partial charge in [0.25, 0.3) is 0 Å². The predicted octanol–water partition coefficient (Wildman–Crippen LogP) is 1.92. The number of benzene rings is 2. The van der Waals surface area contributed by atoms with E-state index >= 15 is 0 Å². The van der Waals surface area contributed by atoms with Gasteiger partial charge in [-0.2, -0.15) is 5.10 Å². The number of methoxy groups -OCH3 is 1. The average Bonchev–Trinajstić information content (AvgIpc) is 3.20. The highest BCUT2D eigenvalue weighted by atomic mass is 32.1. The molecule has 0 saturated heterocycles. The fourth-order valence-electron chi connectivity index (χ4n) is 2.55. The Morgan fingerprint density at radius 1 is 1.27 bits per heavy atom. The summed E-state index contributed by atoms with van der Waals surface area (Å²) in [6, 6.07) is 14.4. The van der Waals surface area contributed by atoms with Gasteiger partial charge in [0, 0.05) is 5.56 Å². The molecule has 10 heteroatoms. The number of nitrogens with zero attached hydrogens (tertiary/aromatic N) is 4. The molecule has 3 rings (SSSR count). The van der Waals surface area contributed by atoms with Crippen molar-refractivity contribution in [3.63, 3.8) is 0 Å². The van der Waals surface area contributed by atoms with Crippen molar-refractivity contribution in [3.05, 3.63) is 71.5 Å². The first-order valence-electron chi connectivity index (χ1n) is 8.92. The van der Waals surface area contributed by atoms with E-state index in [0.29, 0.717) is 22.8 Å². The van der Waals surface area contributed by atoms with Crippen LogP contribution in [0.25, 0.3) is 0 Å². The third-order valence-corrected chi connectivity index (χ3v) is 4.03. The molecule has 0 unspecified atom stereocenters. The smallest absolute Gasteiger partial charge is 0.184 e. The number of Topliss-reactive ketones (excluding diaryl/α,β-unsaturated/α-hetero) is 1. The van der Waals surface area contributed by atoms with Crippen LogP contribution in [0, 0.1) is 0 Å². The first kappa shape index (κ1) is 20.9. The number of carbonyl (C=O) groups is 1. The number of carbonyl (C=O) groups excluding carboxylic acids is 1. The molecule has 154 valence electrons. The molecule has 0 aliphatic heterocycles. The maximum absolute atomic E-state index is 12.3. The minimum Gasteiger partial charge on any atom is -0.493 e. The lowest BCUT2D eigenvalue weighted by molar-refractivity contribution is 0.0967. The maximum Gasteiger partial charge on any atom is 0.184 e. The minimum absolute atomic E-state index is 0.0489. The summed E-state index contributed by atoms with van der Waals surface area (Å²) in [7, 11) is 1.55. The summed E-state index contributed by atoms with van der Waals surface area (Å²) in [4.78, 5) is 12.3. The fourth-order valence-corrected chi connectivity index (χ4v) is 2.61. The monoisotopic (exact) mass is 424 g/mol. The number of hydrogen-bond donors (Lipinski definition) is 2. The molecule has 0 aliphatic rings. The Hall–Kier alpha value is -3.79. The molecular weight excluding hydrogens is 404 g/mol. The second kappa shape index (κ2) is 10.1. The molecule has 0 bridgehead atoms. The third kappa shape index (κ3) is 5.85. The van der Waals surface area contributed by atoms with Crippen molar-refractivity contribution in [1.29, 1.82) is 0 Å². The number of ether oxygens (including phenoxy) is 2. The van der Waals surface area contributed by atoms with Crippen LogP contribution in [0.1, 0.15) is 21.6 Å². The van der Waals surface area contributed by atoms with E-state index in [1.807, 2.05) is 24.3 Å². The summed E-state index contributed by atoms with van der Waals surface area (Å²) >= 11 is 4.70. The molecule has 0 amide bonds. The molecule has 1 aromatic heterocycles. The number of thiocarbonyl (C=S) groups is 1. The van der Waals surface area contributed by atoms with Crippen LogP contribution in [0.2, 0.25) is 0 Å². The van der Waals surface area contributed by atoms with Crippen molar-refractivity contribution < 1.29 is 14.3 Å². The molecule has 2 aromatic carbocycles. The summed E-state index contributed by atoms with van der Waals surface area (Å²) in [5, 5.41) is 12.0. The first-order valence-corrected chi connectivity index (χ1v) is 9.32. The van der Waals surface area contributed by atoms with Gasteiger partial charge in [-0.25, -0.2) is 4.68 Å². The second-order valence-electron chi connectivity index (χ2n) is 6.13. The van der Waals surface area contributed by atoms with Gasteiger partial charge in [-0.05, 0) is 36.0 Å². The van der Waals surface area contributed by atoms with Crippen molar-refractivity contribution in [2.24, 2.45) is 10.8 Å². The van der Waals surface area contributed by atoms with Crippen LogP contribution in [0.3, 0.4) is 0 Å². The normalized spacial score (nSPS) is 10.7. The van der Waals surface area contributed by atoms with Gasteiger partial charge in [0.05, 0.1) is 19.5 Å². The van der Waals surface area contributed by atoms with E-state index in [2.05, 4.69) is 20.8 Å². The zero-order valence-corrected chi connectivity index (χ0v) is 17.0. The van der Waals surface area contributed by atoms with Gasteiger partial charge >= 0.3 is 0 Å². The quantitative estimate of drug-likeness (QED) is 0.232. The molecule has 0 atom stereocenters. The molecule has 9 nitrogen and oxygen atoms in total. The van der Waals surface area contributed by atoms with E-state index in [9.17, 15) is 4.79 Å². The average molecular weight is 424 g/mol. The highest BCUT2D eigenvalue weighted by Crippen LogP contribution is 2.28. The van der Waals surface area contributed by atoms with E-state index < -0.39 is 0 Å². The Bertz CT molecular complexity index is 1050. The van der Waals surface area contributed by atoms with Crippen LogP contribution in [0.4, 0.5) is 0 Å². The van der Waals surface area contributed by atoms with Gasteiger partial charge in [-0.3, -0.25) is 10.2 Å². The molecule has 0 fully saturated rings. The Labute approximate surface area is 178 Å². The summed E-state index contributed by atoms with van der Waals surface area (Å²) in [5.41, 5.74) is 9.78. The van der Waals surface area contributed by atoms with Gasteiger partial charge < -0.3 is 15.2 Å². The van der Waals surface area contributed by atoms with Crippen LogP contribution in [-0.2, 0) is 13.2 Å². The molecule has 30 heavy (non-hydrogen) atoms. The number of aromatic nitrogens is 3. The molecule has 3 aromatic rings. The molecule has 0 radical (unpaired) electrons. The Morgan fingerprint density at radius 3 is 2.80 bits per heavy atom. The Morgan fingerprint density at radius 2 is 2.07 bits per heavy atom. The first-order chi connectivity index (χ1) is 14.5. The number of nitrogens with one attached hydrogen (secondary N) is 1.